The van der Waals surface area contributed by atoms with Crippen molar-refractivity contribution in [2.45, 2.75) is 38.8 Å². The number of halogens is 1. The second kappa shape index (κ2) is 4.86. The number of fused-ring (bicyclic) bond motifs is 3. The fraction of sp³-hybridized carbons (Fsp3) is 0.600. The number of hydrogen-bond donors (Lipinski definition) is 0. The Kier molecular flexibility index (Phi) is 3.37. The van der Waals surface area contributed by atoms with Crippen molar-refractivity contribution in [2.24, 2.45) is 5.92 Å². The van der Waals surface area contributed by atoms with Gasteiger partial charge in [-0.05, 0) is 45.4 Å². The standard InChI is InChI=1S/C15H20BrNO/c1-10(2)17-7-3-4-11-9-18-14-8-12(16)5-6-13(14)15(11)17/h5-6,8,10-11,15H,3-4,7,9H2,1-2H3/t11-,15-/m1/s1. The van der Waals surface area contributed by atoms with Gasteiger partial charge in [-0.3, -0.25) is 4.90 Å². The Morgan fingerprint density at radius 1 is 1.39 bits per heavy atom. The summed E-state index contributed by atoms with van der Waals surface area (Å²) < 4.78 is 7.05. The minimum Gasteiger partial charge on any atom is -0.493 e. The molecule has 2 heterocycles. The number of rotatable bonds is 1. The SMILES string of the molecule is CC(C)N1CCC[C@@H]2COc3cc(Br)ccc3[C@@H]21. The third-order valence-corrected chi connectivity index (χ3v) is 4.70. The molecule has 0 aliphatic carbocycles. The third kappa shape index (κ3) is 2.08. The number of nitrogens with zero attached hydrogens (tertiary/aromatic N) is 1. The molecule has 2 aliphatic heterocycles. The summed E-state index contributed by atoms with van der Waals surface area (Å²) in [5.74, 6) is 1.73. The minimum atomic E-state index is 0.551. The van der Waals surface area contributed by atoms with Crippen LogP contribution in [0.1, 0.15) is 38.3 Å². The molecule has 0 amide bonds. The average Bonchev–Trinajstić information content (AvgIpc) is 2.37. The smallest absolute Gasteiger partial charge is 0.125 e. The highest BCUT2D eigenvalue weighted by molar-refractivity contribution is 9.10. The maximum absolute atomic E-state index is 5.95. The van der Waals surface area contributed by atoms with Crippen molar-refractivity contribution >= 4 is 15.9 Å². The molecule has 0 unspecified atom stereocenters. The van der Waals surface area contributed by atoms with Crippen molar-refractivity contribution in [2.75, 3.05) is 13.2 Å². The number of piperidine rings is 1. The first-order chi connectivity index (χ1) is 8.66. The van der Waals surface area contributed by atoms with Crippen LogP contribution >= 0.6 is 15.9 Å². The normalized spacial score (nSPS) is 27.6. The predicted molar refractivity (Wildman–Crippen MR) is 76.9 cm³/mol. The highest BCUT2D eigenvalue weighted by Gasteiger charge is 2.38. The first-order valence-electron chi connectivity index (χ1n) is 6.85. The molecular weight excluding hydrogens is 290 g/mol. The fourth-order valence-electron chi connectivity index (χ4n) is 3.36. The molecular formula is C15H20BrNO. The van der Waals surface area contributed by atoms with Gasteiger partial charge < -0.3 is 4.74 Å². The summed E-state index contributed by atoms with van der Waals surface area (Å²) >= 11 is 3.53. The molecule has 1 aromatic rings. The Bertz CT molecular complexity index is 446. The van der Waals surface area contributed by atoms with Crippen LogP contribution in [0.15, 0.2) is 22.7 Å². The van der Waals surface area contributed by atoms with Gasteiger partial charge in [0.1, 0.15) is 5.75 Å². The van der Waals surface area contributed by atoms with E-state index in [0.717, 1.165) is 16.8 Å². The van der Waals surface area contributed by atoms with Gasteiger partial charge in [0.2, 0.25) is 0 Å². The average molecular weight is 310 g/mol. The van der Waals surface area contributed by atoms with Crippen molar-refractivity contribution in [3.8, 4) is 5.75 Å². The van der Waals surface area contributed by atoms with Crippen LogP contribution in [0.3, 0.4) is 0 Å². The highest BCUT2D eigenvalue weighted by Crippen LogP contribution is 2.45. The van der Waals surface area contributed by atoms with E-state index in [2.05, 4.69) is 52.9 Å². The van der Waals surface area contributed by atoms with Crippen LogP contribution in [-0.2, 0) is 0 Å². The van der Waals surface area contributed by atoms with E-state index < -0.39 is 0 Å². The summed E-state index contributed by atoms with van der Waals surface area (Å²) in [4.78, 5) is 2.64. The van der Waals surface area contributed by atoms with E-state index in [1.54, 1.807) is 0 Å². The van der Waals surface area contributed by atoms with E-state index >= 15 is 0 Å². The lowest BCUT2D eigenvalue weighted by Gasteiger charge is -2.46. The predicted octanol–water partition coefficient (Wildman–Crippen LogP) is 4.00. The second-order valence-electron chi connectivity index (χ2n) is 5.67. The molecule has 0 saturated carbocycles. The van der Waals surface area contributed by atoms with Crippen molar-refractivity contribution in [3.63, 3.8) is 0 Å². The summed E-state index contributed by atoms with van der Waals surface area (Å²) in [5.41, 5.74) is 1.38. The van der Waals surface area contributed by atoms with Crippen LogP contribution in [0, 0.1) is 5.92 Å². The summed E-state index contributed by atoms with van der Waals surface area (Å²) in [7, 11) is 0. The fourth-order valence-corrected chi connectivity index (χ4v) is 3.70. The number of likely N-dealkylation sites (tertiary alicyclic amines) is 1. The van der Waals surface area contributed by atoms with Crippen LogP contribution in [-0.4, -0.2) is 24.1 Å². The molecule has 3 rings (SSSR count). The van der Waals surface area contributed by atoms with Crippen LogP contribution in [0.2, 0.25) is 0 Å². The van der Waals surface area contributed by atoms with Gasteiger partial charge in [-0.2, -0.15) is 0 Å². The van der Waals surface area contributed by atoms with Crippen LogP contribution < -0.4 is 4.74 Å². The molecule has 1 saturated heterocycles. The molecule has 2 aliphatic rings. The van der Waals surface area contributed by atoms with Crippen molar-refractivity contribution in [3.05, 3.63) is 28.2 Å². The van der Waals surface area contributed by atoms with Gasteiger partial charge in [0.25, 0.3) is 0 Å². The maximum atomic E-state index is 5.95. The summed E-state index contributed by atoms with van der Waals surface area (Å²) in [6.45, 7) is 6.69. The van der Waals surface area contributed by atoms with Crippen molar-refractivity contribution in [1.29, 1.82) is 0 Å². The number of benzene rings is 1. The first-order valence-corrected chi connectivity index (χ1v) is 7.64. The highest BCUT2D eigenvalue weighted by atomic mass is 79.9. The van der Waals surface area contributed by atoms with E-state index in [0.29, 0.717) is 18.0 Å². The van der Waals surface area contributed by atoms with Crippen LogP contribution in [0.4, 0.5) is 0 Å². The zero-order valence-electron chi connectivity index (χ0n) is 11.0. The van der Waals surface area contributed by atoms with Gasteiger partial charge in [0.15, 0.2) is 0 Å². The van der Waals surface area contributed by atoms with E-state index in [4.69, 9.17) is 4.74 Å². The van der Waals surface area contributed by atoms with Crippen molar-refractivity contribution < 1.29 is 4.74 Å². The first kappa shape index (κ1) is 12.5. The monoisotopic (exact) mass is 309 g/mol. The molecule has 2 nitrogen and oxygen atoms in total. The number of ether oxygens (including phenoxy) is 1. The molecule has 1 aromatic carbocycles. The molecule has 0 radical (unpaired) electrons. The lowest BCUT2D eigenvalue weighted by atomic mass is 9.82. The van der Waals surface area contributed by atoms with Gasteiger partial charge in [-0.15, -0.1) is 0 Å². The molecule has 98 valence electrons. The molecule has 18 heavy (non-hydrogen) atoms. The van der Waals surface area contributed by atoms with E-state index in [1.165, 1.54) is 24.9 Å². The molecule has 0 bridgehead atoms. The molecule has 0 aromatic heterocycles. The number of hydrogen-bond acceptors (Lipinski definition) is 2. The molecule has 3 heteroatoms. The zero-order chi connectivity index (χ0) is 12.7. The largest absolute Gasteiger partial charge is 0.493 e. The van der Waals surface area contributed by atoms with Crippen LogP contribution in [0.25, 0.3) is 0 Å². The Balaban J connectivity index is 2.01. The lowest BCUT2D eigenvalue weighted by molar-refractivity contribution is 0.0223. The minimum absolute atomic E-state index is 0.551. The molecule has 0 spiro atoms. The third-order valence-electron chi connectivity index (χ3n) is 4.21. The Morgan fingerprint density at radius 3 is 3.00 bits per heavy atom. The zero-order valence-corrected chi connectivity index (χ0v) is 12.6. The Hall–Kier alpha value is -0.540. The van der Waals surface area contributed by atoms with Gasteiger partial charge in [0, 0.05) is 28.0 Å². The molecule has 1 fully saturated rings. The van der Waals surface area contributed by atoms with Gasteiger partial charge in [-0.25, -0.2) is 0 Å². The summed E-state index contributed by atoms with van der Waals surface area (Å²) in [5, 5.41) is 0. The second-order valence-corrected chi connectivity index (χ2v) is 6.59. The van der Waals surface area contributed by atoms with E-state index in [9.17, 15) is 0 Å². The molecule has 0 N–H and O–H groups in total. The molecule has 2 atom stereocenters. The van der Waals surface area contributed by atoms with Crippen molar-refractivity contribution in [1.82, 2.24) is 4.90 Å². The van der Waals surface area contributed by atoms with Gasteiger partial charge in [-0.1, -0.05) is 22.0 Å². The van der Waals surface area contributed by atoms with Gasteiger partial charge in [0.05, 0.1) is 6.61 Å². The maximum Gasteiger partial charge on any atom is 0.125 e. The lowest BCUT2D eigenvalue weighted by Crippen LogP contribution is -2.46. The van der Waals surface area contributed by atoms with E-state index in [1.807, 2.05) is 0 Å². The Labute approximate surface area is 117 Å². The summed E-state index contributed by atoms with van der Waals surface area (Å²) in [6, 6.07) is 7.64. The van der Waals surface area contributed by atoms with Crippen LogP contribution in [0.5, 0.6) is 5.75 Å². The Morgan fingerprint density at radius 2 is 2.22 bits per heavy atom. The summed E-state index contributed by atoms with van der Waals surface area (Å²) in [6.07, 6.45) is 2.60. The quantitative estimate of drug-likeness (QED) is 0.777. The van der Waals surface area contributed by atoms with Gasteiger partial charge >= 0.3 is 0 Å². The van der Waals surface area contributed by atoms with E-state index in [-0.39, 0.29) is 0 Å². The topological polar surface area (TPSA) is 12.5 Å².